The van der Waals surface area contributed by atoms with E-state index in [1.54, 1.807) is 0 Å². The Labute approximate surface area is 119 Å². The fourth-order valence-corrected chi connectivity index (χ4v) is 3.23. The predicted molar refractivity (Wildman–Crippen MR) is 78.5 cm³/mol. The van der Waals surface area contributed by atoms with Gasteiger partial charge in [-0.15, -0.1) is 11.3 Å². The highest BCUT2D eigenvalue weighted by Crippen LogP contribution is 2.39. The van der Waals surface area contributed by atoms with Crippen LogP contribution in [-0.2, 0) is 9.59 Å². The molecule has 20 heavy (non-hydrogen) atoms. The van der Waals surface area contributed by atoms with Crippen LogP contribution in [0.1, 0.15) is 16.0 Å². The van der Waals surface area contributed by atoms with Crippen LogP contribution in [0, 0.1) is 0 Å². The summed E-state index contributed by atoms with van der Waals surface area (Å²) in [6, 6.07) is 11.5. The molecular weight excluding hydrogens is 270 g/mol. The lowest BCUT2D eigenvalue weighted by atomic mass is 9.93. The highest BCUT2D eigenvalue weighted by atomic mass is 32.1. The third kappa shape index (κ3) is 1.45. The summed E-state index contributed by atoms with van der Waals surface area (Å²) in [5.41, 5.74) is 3.19. The van der Waals surface area contributed by atoms with Crippen molar-refractivity contribution in [2.24, 2.45) is 0 Å². The number of nitrogens with zero attached hydrogens (tertiary/aromatic N) is 1. The van der Waals surface area contributed by atoms with Gasteiger partial charge in [0.2, 0.25) is 0 Å². The van der Waals surface area contributed by atoms with Crippen molar-refractivity contribution in [1.82, 2.24) is 4.90 Å². The number of hydrogen-bond donors (Lipinski definition) is 0. The van der Waals surface area contributed by atoms with Gasteiger partial charge in [0.1, 0.15) is 0 Å². The van der Waals surface area contributed by atoms with Crippen molar-refractivity contribution < 1.29 is 9.59 Å². The first-order valence-electron chi connectivity index (χ1n) is 6.21. The van der Waals surface area contributed by atoms with E-state index < -0.39 is 0 Å². The maximum atomic E-state index is 12.5. The van der Waals surface area contributed by atoms with Gasteiger partial charge in [0.25, 0.3) is 11.8 Å². The highest BCUT2D eigenvalue weighted by molar-refractivity contribution is 7.11. The smallest absolute Gasteiger partial charge is 0.266 e. The summed E-state index contributed by atoms with van der Waals surface area (Å²) in [5.74, 6) is -0.502. The number of amides is 2. The topological polar surface area (TPSA) is 37.4 Å². The second-order valence-electron chi connectivity index (χ2n) is 4.63. The molecule has 4 heteroatoms. The molecule has 0 bridgehead atoms. The Hall–Kier alpha value is -2.46. The third-order valence-electron chi connectivity index (χ3n) is 3.48. The van der Waals surface area contributed by atoms with Crippen LogP contribution in [0.2, 0.25) is 0 Å². The molecule has 0 saturated carbocycles. The van der Waals surface area contributed by atoms with Gasteiger partial charge in [0, 0.05) is 16.5 Å². The van der Waals surface area contributed by atoms with Crippen molar-refractivity contribution >= 4 is 40.5 Å². The summed E-state index contributed by atoms with van der Waals surface area (Å²) in [5, 5.41) is 1.90. The Balaban J connectivity index is 1.71. The number of benzene rings is 1. The molecule has 0 unspecified atom stereocenters. The van der Waals surface area contributed by atoms with E-state index in [0.717, 1.165) is 16.0 Å². The summed E-state index contributed by atoms with van der Waals surface area (Å²) in [4.78, 5) is 26.7. The maximum Gasteiger partial charge on any atom is 0.266 e. The van der Waals surface area contributed by atoms with Crippen molar-refractivity contribution in [1.29, 1.82) is 0 Å². The first kappa shape index (κ1) is 11.4. The molecule has 0 fully saturated rings. The molecule has 0 radical (unpaired) electrons. The van der Waals surface area contributed by atoms with E-state index >= 15 is 0 Å². The van der Waals surface area contributed by atoms with Crippen LogP contribution in [0.25, 0.3) is 17.3 Å². The molecule has 4 rings (SSSR count). The number of rotatable bonds is 2. The van der Waals surface area contributed by atoms with Crippen LogP contribution in [0.4, 0.5) is 0 Å². The molecule has 0 spiro atoms. The molecule has 0 saturated heterocycles. The second-order valence-corrected chi connectivity index (χ2v) is 5.58. The molecule has 2 heterocycles. The van der Waals surface area contributed by atoms with E-state index in [9.17, 15) is 9.59 Å². The summed E-state index contributed by atoms with van der Waals surface area (Å²) in [6.45, 7) is 0. The molecule has 0 atom stereocenters. The average Bonchev–Trinajstić information content (AvgIpc) is 3.03. The average molecular weight is 279 g/mol. The molecule has 96 valence electrons. The summed E-state index contributed by atoms with van der Waals surface area (Å²) < 4.78 is 0. The maximum absolute atomic E-state index is 12.5. The van der Waals surface area contributed by atoms with Gasteiger partial charge in [0.15, 0.2) is 0 Å². The van der Waals surface area contributed by atoms with E-state index in [1.165, 1.54) is 22.3 Å². The van der Waals surface area contributed by atoms with Gasteiger partial charge < -0.3 is 0 Å². The largest absolute Gasteiger partial charge is 0.269 e. The molecule has 1 aliphatic heterocycles. The monoisotopic (exact) mass is 279 g/mol. The van der Waals surface area contributed by atoms with Gasteiger partial charge in [-0.3, -0.25) is 9.59 Å². The van der Waals surface area contributed by atoms with Gasteiger partial charge in [-0.1, -0.05) is 30.3 Å². The number of imide groups is 1. The highest BCUT2D eigenvalue weighted by Gasteiger charge is 2.37. The summed E-state index contributed by atoms with van der Waals surface area (Å²) in [6.07, 6.45) is 3.30. The Morgan fingerprint density at radius 3 is 2.55 bits per heavy atom. The van der Waals surface area contributed by atoms with Gasteiger partial charge in [-0.2, -0.15) is 0 Å². The van der Waals surface area contributed by atoms with Gasteiger partial charge in [0.05, 0.1) is 11.3 Å². The van der Waals surface area contributed by atoms with Crippen LogP contribution in [0.5, 0.6) is 0 Å². The lowest BCUT2D eigenvalue weighted by Crippen LogP contribution is -2.31. The van der Waals surface area contributed by atoms with E-state index in [-0.39, 0.29) is 11.8 Å². The van der Waals surface area contributed by atoms with Crippen LogP contribution in [0.15, 0.2) is 47.9 Å². The van der Waals surface area contributed by atoms with Crippen LogP contribution in [0.3, 0.4) is 0 Å². The number of hydrogen-bond acceptors (Lipinski definition) is 3. The third-order valence-corrected chi connectivity index (χ3v) is 4.38. The Bertz CT molecular complexity index is 800. The molecule has 2 amide bonds. The van der Waals surface area contributed by atoms with E-state index in [2.05, 4.69) is 0 Å². The number of carbonyl (C=O) groups excluding carboxylic acids is 2. The zero-order valence-corrected chi connectivity index (χ0v) is 11.2. The lowest BCUT2D eigenvalue weighted by molar-refractivity contribution is -0.132. The fourth-order valence-electron chi connectivity index (χ4n) is 2.50. The number of fused-ring (bicyclic) bond motifs is 1. The first-order chi connectivity index (χ1) is 9.75. The normalized spacial score (nSPS) is 16.7. The van der Waals surface area contributed by atoms with Crippen molar-refractivity contribution in [3.8, 4) is 0 Å². The van der Waals surface area contributed by atoms with Crippen LogP contribution < -0.4 is 0 Å². The van der Waals surface area contributed by atoms with Crippen molar-refractivity contribution in [3.63, 3.8) is 0 Å². The molecule has 2 aromatic rings. The fraction of sp³-hybridized carbons (Fsp3) is 0. The van der Waals surface area contributed by atoms with E-state index in [4.69, 9.17) is 0 Å². The minimum absolute atomic E-state index is 0.238. The minimum atomic E-state index is -0.265. The van der Waals surface area contributed by atoms with Crippen molar-refractivity contribution in [2.45, 2.75) is 0 Å². The molecule has 3 nitrogen and oxygen atoms in total. The quantitative estimate of drug-likeness (QED) is 0.792. The van der Waals surface area contributed by atoms with Crippen LogP contribution in [-0.4, -0.2) is 16.7 Å². The molecule has 0 N–H and O–H groups in total. The van der Waals surface area contributed by atoms with Crippen molar-refractivity contribution in [2.75, 3.05) is 0 Å². The Morgan fingerprint density at radius 2 is 1.80 bits per heavy atom. The lowest BCUT2D eigenvalue weighted by Gasteiger charge is -2.26. The molecule has 2 aliphatic rings. The second kappa shape index (κ2) is 4.02. The summed E-state index contributed by atoms with van der Waals surface area (Å²) in [7, 11) is 0. The zero-order valence-electron chi connectivity index (χ0n) is 10.4. The van der Waals surface area contributed by atoms with E-state index in [0.29, 0.717) is 11.3 Å². The number of carbonyl (C=O) groups is 2. The molecular formula is C16H9NO2S. The Morgan fingerprint density at radius 1 is 0.950 bits per heavy atom. The van der Waals surface area contributed by atoms with Crippen LogP contribution >= 0.6 is 11.3 Å². The number of thiophene rings is 1. The van der Waals surface area contributed by atoms with Crippen molar-refractivity contribution in [3.05, 3.63) is 63.9 Å². The van der Waals surface area contributed by atoms with Gasteiger partial charge in [-0.05, 0) is 23.1 Å². The minimum Gasteiger partial charge on any atom is -0.269 e. The summed E-state index contributed by atoms with van der Waals surface area (Å²) >= 11 is 1.46. The first-order valence-corrected chi connectivity index (χ1v) is 7.09. The molecule has 1 aliphatic carbocycles. The molecule has 1 aromatic heterocycles. The predicted octanol–water partition coefficient (Wildman–Crippen LogP) is 3.01. The standard InChI is InChI=1S/C16H9NO2S/c18-15-9-12(14-6-3-7-20-14)16(19)17(15)13-8-10-4-1-2-5-11(10)13/h1-9H. The van der Waals surface area contributed by atoms with E-state index in [1.807, 2.05) is 47.9 Å². The SMILES string of the molecule is O=C1C=C(c2cccs2)C(=O)N1C1=Cc2ccccc21. The Kier molecular flexibility index (Phi) is 2.28. The van der Waals surface area contributed by atoms with Gasteiger partial charge in [-0.25, -0.2) is 4.90 Å². The molecule has 1 aromatic carbocycles. The van der Waals surface area contributed by atoms with Gasteiger partial charge >= 0.3 is 0 Å². The zero-order chi connectivity index (χ0) is 13.7.